The summed E-state index contributed by atoms with van der Waals surface area (Å²) < 4.78 is 5.58. The molecule has 2 aromatic carbocycles. The van der Waals surface area contributed by atoms with Gasteiger partial charge in [0.25, 0.3) is 5.91 Å². The number of rotatable bonds is 8. The third kappa shape index (κ3) is 6.28. The fourth-order valence-corrected chi connectivity index (χ4v) is 3.09. The SMILES string of the molecule is Cc1cccc(CSCCNC(=O)c2ccc(OC(C)C)cc2)c1. The van der Waals surface area contributed by atoms with E-state index < -0.39 is 0 Å². The van der Waals surface area contributed by atoms with Crippen LogP contribution in [0.4, 0.5) is 0 Å². The van der Waals surface area contributed by atoms with E-state index in [0.29, 0.717) is 12.1 Å². The van der Waals surface area contributed by atoms with Crippen molar-refractivity contribution in [3.8, 4) is 5.75 Å². The molecule has 24 heavy (non-hydrogen) atoms. The van der Waals surface area contributed by atoms with Gasteiger partial charge in [0.2, 0.25) is 0 Å². The lowest BCUT2D eigenvalue weighted by molar-refractivity contribution is 0.0956. The van der Waals surface area contributed by atoms with Crippen molar-refractivity contribution in [2.75, 3.05) is 12.3 Å². The molecule has 1 amide bonds. The number of hydrogen-bond acceptors (Lipinski definition) is 3. The molecule has 1 N–H and O–H groups in total. The highest BCUT2D eigenvalue weighted by Gasteiger charge is 2.05. The van der Waals surface area contributed by atoms with Crippen LogP contribution >= 0.6 is 11.8 Å². The molecule has 4 heteroatoms. The molecule has 0 saturated heterocycles. The van der Waals surface area contributed by atoms with Gasteiger partial charge in [-0.15, -0.1) is 0 Å². The molecule has 3 nitrogen and oxygen atoms in total. The molecule has 0 heterocycles. The molecule has 0 aromatic heterocycles. The van der Waals surface area contributed by atoms with Crippen molar-refractivity contribution in [2.24, 2.45) is 0 Å². The first kappa shape index (κ1) is 18.4. The number of amides is 1. The minimum absolute atomic E-state index is 0.0396. The van der Waals surface area contributed by atoms with Crippen molar-refractivity contribution in [3.05, 3.63) is 65.2 Å². The fourth-order valence-electron chi connectivity index (χ4n) is 2.29. The van der Waals surface area contributed by atoms with Crippen molar-refractivity contribution < 1.29 is 9.53 Å². The molecule has 0 aliphatic rings. The number of thioether (sulfide) groups is 1. The lowest BCUT2D eigenvalue weighted by Gasteiger charge is -2.10. The molecule has 0 atom stereocenters. The van der Waals surface area contributed by atoms with E-state index in [-0.39, 0.29) is 12.0 Å². The Bertz CT molecular complexity index is 653. The highest BCUT2D eigenvalue weighted by Crippen LogP contribution is 2.14. The van der Waals surface area contributed by atoms with Gasteiger partial charge in [-0.2, -0.15) is 11.8 Å². The third-order valence-corrected chi connectivity index (χ3v) is 4.40. The first-order valence-electron chi connectivity index (χ1n) is 8.23. The van der Waals surface area contributed by atoms with Crippen LogP contribution in [-0.4, -0.2) is 24.3 Å². The number of carbonyl (C=O) groups is 1. The van der Waals surface area contributed by atoms with Crippen LogP contribution in [0.3, 0.4) is 0 Å². The zero-order chi connectivity index (χ0) is 17.4. The molecule has 0 bridgehead atoms. The summed E-state index contributed by atoms with van der Waals surface area (Å²) in [6.07, 6.45) is 0.134. The average molecular weight is 343 g/mol. The summed E-state index contributed by atoms with van der Waals surface area (Å²) >= 11 is 1.83. The Morgan fingerprint density at radius 3 is 2.58 bits per heavy atom. The third-order valence-electron chi connectivity index (χ3n) is 3.37. The summed E-state index contributed by atoms with van der Waals surface area (Å²) in [7, 11) is 0. The standard InChI is InChI=1S/C20H25NO2S/c1-15(2)23-19-9-7-18(8-10-19)20(22)21-11-12-24-14-17-6-4-5-16(3)13-17/h4-10,13,15H,11-12,14H2,1-3H3,(H,21,22). The zero-order valence-electron chi connectivity index (χ0n) is 14.5. The zero-order valence-corrected chi connectivity index (χ0v) is 15.4. The Hall–Kier alpha value is -1.94. The van der Waals surface area contributed by atoms with Crippen LogP contribution in [0.25, 0.3) is 0 Å². The fraction of sp³-hybridized carbons (Fsp3) is 0.350. The first-order chi connectivity index (χ1) is 11.5. The highest BCUT2D eigenvalue weighted by molar-refractivity contribution is 7.98. The highest BCUT2D eigenvalue weighted by atomic mass is 32.2. The van der Waals surface area contributed by atoms with Gasteiger partial charge in [-0.05, 0) is 50.6 Å². The van der Waals surface area contributed by atoms with Gasteiger partial charge in [-0.3, -0.25) is 4.79 Å². The monoisotopic (exact) mass is 343 g/mol. The lowest BCUT2D eigenvalue weighted by Crippen LogP contribution is -2.25. The Labute approximate surface area is 148 Å². The molecule has 0 aliphatic heterocycles. The van der Waals surface area contributed by atoms with Gasteiger partial charge >= 0.3 is 0 Å². The van der Waals surface area contributed by atoms with E-state index in [9.17, 15) is 4.79 Å². The summed E-state index contributed by atoms with van der Waals surface area (Å²) in [6, 6.07) is 15.8. The molecule has 2 aromatic rings. The average Bonchev–Trinajstić information content (AvgIpc) is 2.54. The predicted molar refractivity (Wildman–Crippen MR) is 102 cm³/mol. The van der Waals surface area contributed by atoms with Gasteiger partial charge in [0.1, 0.15) is 5.75 Å². The second-order valence-electron chi connectivity index (χ2n) is 5.99. The van der Waals surface area contributed by atoms with Gasteiger partial charge in [-0.25, -0.2) is 0 Å². The number of hydrogen-bond donors (Lipinski definition) is 1. The van der Waals surface area contributed by atoms with E-state index in [0.717, 1.165) is 17.3 Å². The largest absolute Gasteiger partial charge is 0.491 e. The van der Waals surface area contributed by atoms with Crippen molar-refractivity contribution in [2.45, 2.75) is 32.6 Å². The quantitative estimate of drug-likeness (QED) is 0.720. The van der Waals surface area contributed by atoms with Crippen molar-refractivity contribution in [1.82, 2.24) is 5.32 Å². The van der Waals surface area contributed by atoms with E-state index in [1.807, 2.05) is 37.7 Å². The van der Waals surface area contributed by atoms with Crippen LogP contribution in [-0.2, 0) is 5.75 Å². The van der Waals surface area contributed by atoms with Crippen molar-refractivity contribution in [3.63, 3.8) is 0 Å². The minimum atomic E-state index is -0.0396. The Morgan fingerprint density at radius 1 is 1.17 bits per heavy atom. The predicted octanol–water partition coefficient (Wildman–Crippen LogP) is 4.45. The maximum atomic E-state index is 12.1. The summed E-state index contributed by atoms with van der Waals surface area (Å²) in [4.78, 5) is 12.1. The molecule has 0 aliphatic carbocycles. The molecule has 0 saturated carbocycles. The van der Waals surface area contributed by atoms with Crippen LogP contribution < -0.4 is 10.1 Å². The topological polar surface area (TPSA) is 38.3 Å². The normalized spacial score (nSPS) is 10.7. The maximum absolute atomic E-state index is 12.1. The van der Waals surface area contributed by atoms with Crippen LogP contribution in [0.2, 0.25) is 0 Å². The maximum Gasteiger partial charge on any atom is 0.251 e. The molecule has 2 rings (SSSR count). The van der Waals surface area contributed by atoms with E-state index in [4.69, 9.17) is 4.74 Å². The molecule has 0 unspecified atom stereocenters. The van der Waals surface area contributed by atoms with E-state index in [1.54, 1.807) is 12.1 Å². The van der Waals surface area contributed by atoms with Crippen LogP contribution in [0.15, 0.2) is 48.5 Å². The number of ether oxygens (including phenoxy) is 1. The summed E-state index contributed by atoms with van der Waals surface area (Å²) in [5.41, 5.74) is 3.27. The molecular formula is C20H25NO2S. The van der Waals surface area contributed by atoms with Gasteiger partial charge in [-0.1, -0.05) is 29.8 Å². The van der Waals surface area contributed by atoms with E-state index >= 15 is 0 Å². The van der Waals surface area contributed by atoms with Gasteiger partial charge < -0.3 is 10.1 Å². The molecular weight excluding hydrogens is 318 g/mol. The summed E-state index contributed by atoms with van der Waals surface area (Å²) in [5.74, 6) is 2.62. The summed E-state index contributed by atoms with van der Waals surface area (Å²) in [5, 5.41) is 2.96. The van der Waals surface area contributed by atoms with Crippen LogP contribution in [0, 0.1) is 6.92 Å². The number of benzene rings is 2. The second kappa shape index (κ2) is 9.38. The van der Waals surface area contributed by atoms with Crippen molar-refractivity contribution >= 4 is 17.7 Å². The van der Waals surface area contributed by atoms with E-state index in [1.165, 1.54) is 11.1 Å². The Kier molecular flexibility index (Phi) is 7.19. The minimum Gasteiger partial charge on any atom is -0.491 e. The Morgan fingerprint density at radius 2 is 1.92 bits per heavy atom. The number of nitrogens with one attached hydrogen (secondary N) is 1. The first-order valence-corrected chi connectivity index (χ1v) is 9.38. The molecule has 0 spiro atoms. The molecule has 0 radical (unpaired) electrons. The van der Waals surface area contributed by atoms with Gasteiger partial charge in [0.15, 0.2) is 0 Å². The number of carbonyl (C=O) groups excluding carboxylic acids is 1. The molecule has 0 fully saturated rings. The van der Waals surface area contributed by atoms with Crippen LogP contribution in [0.1, 0.15) is 35.3 Å². The number of aryl methyl sites for hydroxylation is 1. The Balaban J connectivity index is 1.69. The van der Waals surface area contributed by atoms with Crippen LogP contribution in [0.5, 0.6) is 5.75 Å². The van der Waals surface area contributed by atoms with Gasteiger partial charge in [0, 0.05) is 23.6 Å². The summed E-state index contributed by atoms with van der Waals surface area (Å²) in [6.45, 7) is 6.73. The van der Waals surface area contributed by atoms with Gasteiger partial charge in [0.05, 0.1) is 6.10 Å². The van der Waals surface area contributed by atoms with E-state index in [2.05, 4.69) is 36.5 Å². The second-order valence-corrected chi connectivity index (χ2v) is 7.09. The molecule has 128 valence electrons. The lowest BCUT2D eigenvalue weighted by atomic mass is 10.2. The van der Waals surface area contributed by atoms with Crippen molar-refractivity contribution in [1.29, 1.82) is 0 Å². The smallest absolute Gasteiger partial charge is 0.251 e.